The average Bonchev–Trinajstić information content (AvgIpc) is 3.10. The van der Waals surface area contributed by atoms with E-state index in [2.05, 4.69) is 33.9 Å². The van der Waals surface area contributed by atoms with Crippen LogP contribution in [0.3, 0.4) is 0 Å². The summed E-state index contributed by atoms with van der Waals surface area (Å²) in [5.41, 5.74) is 1.36. The van der Waals surface area contributed by atoms with Crippen molar-refractivity contribution in [2.24, 2.45) is 0 Å². The van der Waals surface area contributed by atoms with Crippen LogP contribution < -0.4 is 9.47 Å². The van der Waals surface area contributed by atoms with Crippen LogP contribution in [0.15, 0.2) is 29.8 Å². The van der Waals surface area contributed by atoms with Gasteiger partial charge in [-0.2, -0.15) is 0 Å². The second kappa shape index (κ2) is 9.42. The molecular weight excluding hydrogens is 456 g/mol. The molecule has 2 amide bonds. The number of rotatable bonds is 8. The second-order valence-corrected chi connectivity index (χ2v) is 15.0. The van der Waals surface area contributed by atoms with E-state index in [1.807, 2.05) is 6.07 Å². The number of fused-ring (bicyclic) bond motifs is 1. The maximum atomic E-state index is 12.9. The zero-order valence-electron chi connectivity index (χ0n) is 20.9. The third-order valence-electron chi connectivity index (χ3n) is 7.05. The number of methoxy groups -OCH3 is 2. The van der Waals surface area contributed by atoms with Gasteiger partial charge in [0.05, 0.1) is 33.4 Å². The van der Waals surface area contributed by atoms with Crippen molar-refractivity contribution in [1.82, 2.24) is 9.80 Å². The molecule has 1 aromatic rings. The van der Waals surface area contributed by atoms with Crippen LogP contribution in [0.5, 0.6) is 11.5 Å². The topological polar surface area (TPSA) is 106 Å². The van der Waals surface area contributed by atoms with Gasteiger partial charge in [0, 0.05) is 18.2 Å². The molecule has 2 atom stereocenters. The highest BCUT2D eigenvalue weighted by molar-refractivity contribution is 6.74. The van der Waals surface area contributed by atoms with Gasteiger partial charge in [-0.3, -0.25) is 14.5 Å². The third kappa shape index (κ3) is 4.83. The molecule has 0 spiro atoms. The summed E-state index contributed by atoms with van der Waals surface area (Å²) in [5.74, 6) is 0.665. The molecule has 2 saturated heterocycles. The maximum absolute atomic E-state index is 12.9. The molecule has 10 heteroatoms. The maximum Gasteiger partial charge on any atom is 0.408 e. The second-order valence-electron chi connectivity index (χ2n) is 10.2. The highest BCUT2D eigenvalue weighted by atomic mass is 28.4. The number of β-lactam (4-membered cyclic amide) rings is 1. The summed E-state index contributed by atoms with van der Waals surface area (Å²) in [4.78, 5) is 40.1. The predicted molar refractivity (Wildman–Crippen MR) is 129 cm³/mol. The van der Waals surface area contributed by atoms with Crippen molar-refractivity contribution in [1.29, 1.82) is 0 Å². The van der Waals surface area contributed by atoms with Gasteiger partial charge >= 0.3 is 6.09 Å². The molecule has 0 aliphatic carbocycles. The molecule has 1 aromatic carbocycles. The molecule has 9 nitrogen and oxygen atoms in total. The monoisotopic (exact) mass is 490 g/mol. The highest BCUT2D eigenvalue weighted by Gasteiger charge is 2.58. The number of carboxylic acid groups (broad SMARTS) is 1. The first kappa shape index (κ1) is 25.8. The summed E-state index contributed by atoms with van der Waals surface area (Å²) >= 11 is 0. The first-order valence-corrected chi connectivity index (χ1v) is 14.1. The normalized spacial score (nSPS) is 21.4. The first-order valence-electron chi connectivity index (χ1n) is 11.2. The Kier molecular flexibility index (Phi) is 7.14. The van der Waals surface area contributed by atoms with E-state index in [-0.39, 0.29) is 36.4 Å². The Morgan fingerprint density at radius 2 is 1.85 bits per heavy atom. The first-order chi connectivity index (χ1) is 15.8. The van der Waals surface area contributed by atoms with E-state index < -0.39 is 26.5 Å². The Hall–Kier alpha value is -2.85. The van der Waals surface area contributed by atoms with E-state index in [1.165, 1.54) is 13.2 Å². The molecule has 0 unspecified atom stereocenters. The lowest BCUT2D eigenvalue weighted by atomic mass is 9.91. The lowest BCUT2D eigenvalue weighted by Gasteiger charge is -2.45. The van der Waals surface area contributed by atoms with Gasteiger partial charge in [-0.05, 0) is 41.9 Å². The van der Waals surface area contributed by atoms with Crippen LogP contribution in [-0.2, 0) is 20.6 Å². The third-order valence-corrected chi connectivity index (χ3v) is 11.5. The summed E-state index contributed by atoms with van der Waals surface area (Å²) in [6.07, 6.45) is 0.275. The van der Waals surface area contributed by atoms with Gasteiger partial charge in [-0.25, -0.2) is 4.79 Å². The fraction of sp³-hybridized carbons (Fsp3) is 0.542. The fourth-order valence-corrected chi connectivity index (χ4v) is 4.94. The summed E-state index contributed by atoms with van der Waals surface area (Å²) < 4.78 is 16.7. The van der Waals surface area contributed by atoms with Crippen LogP contribution in [0, 0.1) is 0 Å². The molecule has 3 rings (SSSR count). The Labute approximate surface area is 201 Å². The molecule has 1 N–H and O–H groups in total. The molecule has 2 fully saturated rings. The summed E-state index contributed by atoms with van der Waals surface area (Å²) in [5, 5.41) is 9.58. The summed E-state index contributed by atoms with van der Waals surface area (Å²) in [6, 6.07) is 4.00. The van der Waals surface area contributed by atoms with Gasteiger partial charge in [-0.15, -0.1) is 0 Å². The molecule has 0 radical (unpaired) electrons. The van der Waals surface area contributed by atoms with Crippen molar-refractivity contribution in [2.75, 3.05) is 27.4 Å². The van der Waals surface area contributed by atoms with Crippen LogP contribution >= 0.6 is 0 Å². The van der Waals surface area contributed by atoms with Gasteiger partial charge in [0.25, 0.3) is 0 Å². The van der Waals surface area contributed by atoms with Crippen LogP contribution in [-0.4, -0.2) is 80.5 Å². The van der Waals surface area contributed by atoms with Crippen LogP contribution in [0.4, 0.5) is 4.79 Å². The van der Waals surface area contributed by atoms with Crippen molar-refractivity contribution in [3.8, 4) is 11.5 Å². The molecule has 0 bridgehead atoms. The molecular formula is C24H34N2O7Si. The van der Waals surface area contributed by atoms with Gasteiger partial charge in [0.15, 0.2) is 14.1 Å². The fourth-order valence-electron chi connectivity index (χ4n) is 4.00. The van der Waals surface area contributed by atoms with E-state index in [4.69, 9.17) is 13.9 Å². The molecule has 186 valence electrons. The number of nitrogens with zero attached hydrogens (tertiary/aromatic N) is 2. The van der Waals surface area contributed by atoms with Gasteiger partial charge in [-0.1, -0.05) is 20.8 Å². The number of hydrogen-bond acceptors (Lipinski definition) is 6. The smallest absolute Gasteiger partial charge is 0.408 e. The number of hydrogen-bond donors (Lipinski definition) is 1. The molecule has 0 saturated carbocycles. The average molecular weight is 491 g/mol. The van der Waals surface area contributed by atoms with Crippen molar-refractivity contribution in [3.05, 3.63) is 35.4 Å². The van der Waals surface area contributed by atoms with E-state index >= 15 is 0 Å². The standard InChI is InChI=1S/C24H34N2O7Si/c1-24(2,3)34(6,7)33-14-17(27)10-16-13-26(23(29)30)21-20(16)25(22(21)28)12-15-8-9-18(31-4)11-19(15)32-5/h8-11,20-21H,12-14H2,1-7H3,(H,29,30)/t20-,21+/m1/s1. The molecule has 2 aliphatic heterocycles. The largest absolute Gasteiger partial charge is 0.497 e. The van der Waals surface area contributed by atoms with Crippen LogP contribution in [0.1, 0.15) is 26.3 Å². The number of carbonyl (C=O) groups excluding carboxylic acids is 2. The number of ketones is 1. The zero-order chi connectivity index (χ0) is 25.4. The number of likely N-dealkylation sites (tertiary alicyclic amines) is 2. The minimum atomic E-state index is -2.11. The lowest BCUT2D eigenvalue weighted by molar-refractivity contribution is -0.152. The van der Waals surface area contributed by atoms with Crippen molar-refractivity contribution >= 4 is 26.1 Å². The predicted octanol–water partition coefficient (Wildman–Crippen LogP) is 3.29. The Morgan fingerprint density at radius 1 is 1.18 bits per heavy atom. The van der Waals surface area contributed by atoms with Crippen LogP contribution in [0.25, 0.3) is 0 Å². The van der Waals surface area contributed by atoms with Gasteiger partial charge in [0.2, 0.25) is 5.91 Å². The van der Waals surface area contributed by atoms with Crippen molar-refractivity contribution in [3.63, 3.8) is 0 Å². The minimum absolute atomic E-state index is 0.0124. The van der Waals surface area contributed by atoms with Crippen molar-refractivity contribution in [2.45, 2.75) is 57.5 Å². The van der Waals surface area contributed by atoms with Crippen molar-refractivity contribution < 1.29 is 33.4 Å². The molecule has 2 heterocycles. The SMILES string of the molecule is COc1ccc(CN2C(=O)[C@@H]3[C@H]2C(=CC(=O)CO[Si](C)(C)C(C)(C)C)CN3C(=O)O)c(OC)c1. The molecule has 2 aliphatic rings. The van der Waals surface area contributed by atoms with Crippen LogP contribution in [0.2, 0.25) is 18.1 Å². The summed E-state index contributed by atoms with van der Waals surface area (Å²) in [7, 11) is 0.982. The number of carbonyl (C=O) groups is 3. The Balaban J connectivity index is 1.82. The van der Waals surface area contributed by atoms with E-state index in [1.54, 1.807) is 24.1 Å². The van der Waals surface area contributed by atoms with E-state index in [9.17, 15) is 19.5 Å². The van der Waals surface area contributed by atoms with Gasteiger partial charge < -0.3 is 23.9 Å². The minimum Gasteiger partial charge on any atom is -0.497 e. The molecule has 34 heavy (non-hydrogen) atoms. The van der Waals surface area contributed by atoms with E-state index in [0.717, 1.165) is 10.5 Å². The Bertz CT molecular complexity index is 1020. The zero-order valence-corrected chi connectivity index (χ0v) is 21.9. The quantitative estimate of drug-likeness (QED) is 0.339. The number of benzene rings is 1. The number of ether oxygens (including phenoxy) is 2. The van der Waals surface area contributed by atoms with E-state index in [0.29, 0.717) is 17.1 Å². The summed E-state index contributed by atoms with van der Waals surface area (Å²) in [6.45, 7) is 10.6. The lowest BCUT2D eigenvalue weighted by Crippen LogP contribution is -2.66. The highest BCUT2D eigenvalue weighted by Crippen LogP contribution is 2.40. The van der Waals surface area contributed by atoms with Gasteiger partial charge in [0.1, 0.15) is 17.5 Å². The Morgan fingerprint density at radius 3 is 2.41 bits per heavy atom. The number of amides is 2. The molecule has 0 aromatic heterocycles.